The Hall–Kier alpha value is -2.33. The second-order valence-electron chi connectivity index (χ2n) is 11.6. The Balaban J connectivity index is 1.64. The molecule has 0 radical (unpaired) electrons. The number of carbonyl (C=O) groups is 1. The van der Waals surface area contributed by atoms with Crippen LogP contribution < -0.4 is 4.74 Å². The van der Waals surface area contributed by atoms with Gasteiger partial charge in [0.15, 0.2) is 6.04 Å². The standard InChI is InChI=1S/C34H54NO3/c1-6-7-8-9-10-11-12-13-14-15-17-21-31-24-20-25-33(26-31)38-29(2)28-37-34(36)30(3)35(4,5)27-32-22-18-16-19-23-32/h16,18-20,22-26,29-30H,6-15,17,21,27-28H2,1-5H3/q+1. The predicted octanol–water partition coefficient (Wildman–Crippen LogP) is 8.52. The maximum atomic E-state index is 12.8. The van der Waals surface area contributed by atoms with Crippen molar-refractivity contribution < 1.29 is 18.8 Å². The van der Waals surface area contributed by atoms with Gasteiger partial charge < -0.3 is 14.0 Å². The number of hydrogen-bond donors (Lipinski definition) is 0. The Labute approximate surface area is 233 Å². The summed E-state index contributed by atoms with van der Waals surface area (Å²) in [5, 5.41) is 0. The number of ether oxygens (including phenoxy) is 2. The number of nitrogens with zero attached hydrogens (tertiary/aromatic N) is 1. The van der Waals surface area contributed by atoms with E-state index in [1.807, 2.05) is 38.1 Å². The molecule has 4 heteroatoms. The van der Waals surface area contributed by atoms with Crippen LogP contribution in [0.3, 0.4) is 0 Å². The van der Waals surface area contributed by atoms with E-state index >= 15 is 0 Å². The van der Waals surface area contributed by atoms with Crippen molar-refractivity contribution in [2.75, 3.05) is 20.7 Å². The van der Waals surface area contributed by atoms with Crippen LogP contribution in [-0.2, 0) is 22.5 Å². The van der Waals surface area contributed by atoms with Crippen molar-refractivity contribution in [3.05, 3.63) is 65.7 Å². The van der Waals surface area contributed by atoms with Crippen molar-refractivity contribution in [3.63, 3.8) is 0 Å². The molecule has 0 heterocycles. The number of rotatable bonds is 20. The zero-order valence-corrected chi connectivity index (χ0v) is 24.9. The lowest BCUT2D eigenvalue weighted by molar-refractivity contribution is -0.917. The van der Waals surface area contributed by atoms with Gasteiger partial charge in [-0.2, -0.15) is 0 Å². The van der Waals surface area contributed by atoms with Crippen LogP contribution in [0.2, 0.25) is 0 Å². The Bertz CT molecular complexity index is 896. The molecule has 0 aromatic heterocycles. The Morgan fingerprint density at radius 1 is 0.763 bits per heavy atom. The molecular formula is C34H54NO3+. The summed E-state index contributed by atoms with van der Waals surface area (Å²) in [6.45, 7) is 7.19. The first-order valence-corrected chi connectivity index (χ1v) is 15.1. The minimum absolute atomic E-state index is 0.188. The van der Waals surface area contributed by atoms with Crippen LogP contribution in [0.1, 0.15) is 103 Å². The van der Waals surface area contributed by atoms with E-state index in [4.69, 9.17) is 9.47 Å². The highest BCUT2D eigenvalue weighted by atomic mass is 16.6. The molecule has 2 rings (SSSR count). The molecule has 2 atom stereocenters. The van der Waals surface area contributed by atoms with E-state index in [1.54, 1.807) is 0 Å². The number of carbonyl (C=O) groups excluding carboxylic acids is 1. The number of benzene rings is 2. The molecule has 0 spiro atoms. The summed E-state index contributed by atoms with van der Waals surface area (Å²) >= 11 is 0. The number of hydrogen-bond acceptors (Lipinski definition) is 3. The van der Waals surface area contributed by atoms with Gasteiger partial charge in [0.25, 0.3) is 0 Å². The Kier molecular flexibility index (Phi) is 15.1. The average Bonchev–Trinajstić information content (AvgIpc) is 2.90. The van der Waals surface area contributed by atoms with Gasteiger partial charge in [-0.1, -0.05) is 114 Å². The highest BCUT2D eigenvalue weighted by molar-refractivity contribution is 5.74. The van der Waals surface area contributed by atoms with Crippen molar-refractivity contribution in [2.24, 2.45) is 0 Å². The first-order valence-electron chi connectivity index (χ1n) is 15.1. The van der Waals surface area contributed by atoms with Crippen molar-refractivity contribution >= 4 is 5.97 Å². The van der Waals surface area contributed by atoms with Gasteiger partial charge in [0.2, 0.25) is 0 Å². The quantitative estimate of drug-likeness (QED) is 0.0989. The topological polar surface area (TPSA) is 35.5 Å². The zero-order chi connectivity index (χ0) is 27.6. The number of aryl methyl sites for hydroxylation is 1. The average molecular weight is 525 g/mol. The SMILES string of the molecule is CCCCCCCCCCCCCc1cccc(OC(C)COC(=O)C(C)[N+](C)(C)Cc2ccccc2)c1. The van der Waals surface area contributed by atoms with Crippen LogP contribution in [0.5, 0.6) is 5.75 Å². The molecule has 0 aliphatic heterocycles. The van der Waals surface area contributed by atoms with Gasteiger partial charge in [-0.05, 0) is 44.4 Å². The minimum Gasteiger partial charge on any atom is -0.487 e. The van der Waals surface area contributed by atoms with Gasteiger partial charge in [0.05, 0.1) is 14.1 Å². The summed E-state index contributed by atoms with van der Waals surface area (Å²) in [5.41, 5.74) is 2.53. The largest absolute Gasteiger partial charge is 0.487 e. The zero-order valence-electron chi connectivity index (χ0n) is 24.9. The third kappa shape index (κ3) is 13.0. The lowest BCUT2D eigenvalue weighted by Gasteiger charge is -2.34. The predicted molar refractivity (Wildman–Crippen MR) is 159 cm³/mol. The maximum absolute atomic E-state index is 12.8. The van der Waals surface area contributed by atoms with E-state index in [0.717, 1.165) is 18.7 Å². The number of likely N-dealkylation sites (N-methyl/N-ethyl adjacent to an activating group) is 1. The molecule has 2 aromatic rings. The van der Waals surface area contributed by atoms with Gasteiger partial charge >= 0.3 is 5.97 Å². The normalized spacial score (nSPS) is 13.2. The van der Waals surface area contributed by atoms with E-state index in [0.29, 0.717) is 4.48 Å². The third-order valence-electron chi connectivity index (χ3n) is 7.59. The molecule has 212 valence electrons. The maximum Gasteiger partial charge on any atom is 0.364 e. The van der Waals surface area contributed by atoms with Crippen molar-refractivity contribution in [2.45, 2.75) is 117 Å². The molecule has 0 aliphatic carbocycles. The second-order valence-corrected chi connectivity index (χ2v) is 11.6. The molecule has 0 bridgehead atoms. The number of esters is 1. The molecule has 0 fully saturated rings. The van der Waals surface area contributed by atoms with E-state index in [2.05, 4.69) is 51.4 Å². The van der Waals surface area contributed by atoms with E-state index in [9.17, 15) is 4.79 Å². The van der Waals surface area contributed by atoms with Gasteiger partial charge in [-0.3, -0.25) is 0 Å². The summed E-state index contributed by atoms with van der Waals surface area (Å²) in [6.07, 6.45) is 15.9. The minimum atomic E-state index is -0.267. The van der Waals surface area contributed by atoms with Crippen LogP contribution in [0, 0.1) is 0 Å². The first kappa shape index (κ1) is 31.9. The third-order valence-corrected chi connectivity index (χ3v) is 7.59. The molecule has 38 heavy (non-hydrogen) atoms. The summed E-state index contributed by atoms with van der Waals surface area (Å²) in [6, 6.07) is 18.4. The van der Waals surface area contributed by atoms with Gasteiger partial charge in [0.1, 0.15) is 25.0 Å². The fourth-order valence-electron chi connectivity index (χ4n) is 4.83. The van der Waals surface area contributed by atoms with Gasteiger partial charge in [-0.15, -0.1) is 0 Å². The van der Waals surface area contributed by atoms with Crippen LogP contribution in [-0.4, -0.2) is 43.3 Å². The summed E-state index contributed by atoms with van der Waals surface area (Å²) < 4.78 is 12.3. The van der Waals surface area contributed by atoms with E-state index < -0.39 is 0 Å². The molecule has 0 saturated heterocycles. The molecule has 2 aromatic carbocycles. The molecule has 0 aliphatic rings. The van der Waals surface area contributed by atoms with Crippen molar-refractivity contribution in [1.29, 1.82) is 0 Å². The van der Waals surface area contributed by atoms with Crippen LogP contribution in [0.25, 0.3) is 0 Å². The number of quaternary nitrogens is 1. The molecular weight excluding hydrogens is 470 g/mol. The van der Waals surface area contributed by atoms with Gasteiger partial charge in [0, 0.05) is 5.56 Å². The molecule has 0 saturated carbocycles. The van der Waals surface area contributed by atoms with Crippen LogP contribution in [0.15, 0.2) is 54.6 Å². The van der Waals surface area contributed by atoms with E-state index in [1.165, 1.54) is 81.8 Å². The first-order chi connectivity index (χ1) is 18.3. The van der Waals surface area contributed by atoms with Crippen LogP contribution >= 0.6 is 0 Å². The van der Waals surface area contributed by atoms with Gasteiger partial charge in [-0.25, -0.2) is 4.79 Å². The smallest absolute Gasteiger partial charge is 0.364 e. The summed E-state index contributed by atoms with van der Waals surface area (Å²) in [7, 11) is 4.14. The van der Waals surface area contributed by atoms with Crippen LogP contribution in [0.4, 0.5) is 0 Å². The summed E-state index contributed by atoms with van der Waals surface area (Å²) in [5.74, 6) is 0.661. The monoisotopic (exact) mass is 524 g/mol. The van der Waals surface area contributed by atoms with E-state index in [-0.39, 0.29) is 24.7 Å². The number of unbranched alkanes of at least 4 members (excludes halogenated alkanes) is 10. The molecule has 0 amide bonds. The lowest BCUT2D eigenvalue weighted by atomic mass is 10.0. The fraction of sp³-hybridized carbons (Fsp3) is 0.618. The Morgan fingerprint density at radius 3 is 1.97 bits per heavy atom. The summed E-state index contributed by atoms with van der Waals surface area (Å²) in [4.78, 5) is 12.8. The van der Waals surface area contributed by atoms with Crippen molar-refractivity contribution in [1.82, 2.24) is 0 Å². The fourth-order valence-corrected chi connectivity index (χ4v) is 4.83. The highest BCUT2D eigenvalue weighted by Gasteiger charge is 2.32. The molecule has 0 N–H and O–H groups in total. The highest BCUT2D eigenvalue weighted by Crippen LogP contribution is 2.19. The second kappa shape index (κ2) is 18.0. The van der Waals surface area contributed by atoms with Crippen molar-refractivity contribution in [3.8, 4) is 5.75 Å². The molecule has 2 unspecified atom stereocenters. The lowest BCUT2D eigenvalue weighted by Crippen LogP contribution is -2.51. The molecule has 4 nitrogen and oxygen atoms in total. The Morgan fingerprint density at radius 2 is 1.34 bits per heavy atom.